The number of nitrogens with one attached hydrogen (secondary N) is 1. The van der Waals surface area contributed by atoms with Gasteiger partial charge in [-0.25, -0.2) is 0 Å². The summed E-state index contributed by atoms with van der Waals surface area (Å²) in [5, 5.41) is 3.58. The Kier molecular flexibility index (Phi) is 3.32. The molecular weight excluding hydrogens is 252 g/mol. The van der Waals surface area contributed by atoms with Crippen LogP contribution in [0.4, 0.5) is 5.69 Å². The molecule has 1 unspecified atom stereocenters. The van der Waals surface area contributed by atoms with Crippen LogP contribution in [0.15, 0.2) is 22.7 Å². The average molecular weight is 269 g/mol. The first-order valence-corrected chi connectivity index (χ1v) is 6.15. The lowest BCUT2D eigenvalue weighted by molar-refractivity contribution is 0.414. The molecule has 2 rings (SSSR count). The zero-order valence-corrected chi connectivity index (χ0v) is 10.8. The highest BCUT2D eigenvalue weighted by molar-refractivity contribution is 9.10. The molecule has 82 valence electrons. The summed E-state index contributed by atoms with van der Waals surface area (Å²) in [6, 6.07) is 7.04. The first-order valence-electron chi connectivity index (χ1n) is 5.36. The SMILES string of the molecule is Cc1ccc(NC2CCN(C)C2)c(Br)c1. The minimum Gasteiger partial charge on any atom is -0.380 e. The van der Waals surface area contributed by atoms with Crippen molar-refractivity contribution in [3.05, 3.63) is 28.2 Å². The third-order valence-corrected chi connectivity index (χ3v) is 3.53. The zero-order valence-electron chi connectivity index (χ0n) is 9.26. The van der Waals surface area contributed by atoms with Gasteiger partial charge in [0.2, 0.25) is 0 Å². The molecule has 1 atom stereocenters. The molecule has 1 N–H and O–H groups in total. The largest absolute Gasteiger partial charge is 0.380 e. The molecule has 0 aromatic heterocycles. The molecule has 2 nitrogen and oxygen atoms in total. The molecule has 1 saturated heterocycles. The number of likely N-dealkylation sites (N-methyl/N-ethyl adjacent to an activating group) is 1. The summed E-state index contributed by atoms with van der Waals surface area (Å²) in [5.41, 5.74) is 2.50. The van der Waals surface area contributed by atoms with Gasteiger partial charge in [-0.1, -0.05) is 6.07 Å². The Balaban J connectivity index is 2.04. The smallest absolute Gasteiger partial charge is 0.0487 e. The summed E-state index contributed by atoms with van der Waals surface area (Å²) >= 11 is 3.59. The minimum absolute atomic E-state index is 0.592. The monoisotopic (exact) mass is 268 g/mol. The predicted molar refractivity (Wildman–Crippen MR) is 68.4 cm³/mol. The van der Waals surface area contributed by atoms with Crippen molar-refractivity contribution in [2.24, 2.45) is 0 Å². The second-order valence-corrected chi connectivity index (χ2v) is 5.23. The molecular formula is C12H17BrN2. The molecule has 1 heterocycles. The van der Waals surface area contributed by atoms with Gasteiger partial charge in [0.1, 0.15) is 0 Å². The third-order valence-electron chi connectivity index (χ3n) is 2.88. The molecule has 1 aromatic carbocycles. The Morgan fingerprint density at radius 1 is 1.47 bits per heavy atom. The van der Waals surface area contributed by atoms with E-state index in [-0.39, 0.29) is 0 Å². The van der Waals surface area contributed by atoms with E-state index in [2.05, 4.69) is 58.3 Å². The van der Waals surface area contributed by atoms with E-state index in [0.29, 0.717) is 6.04 Å². The van der Waals surface area contributed by atoms with Crippen LogP contribution in [0.5, 0.6) is 0 Å². The van der Waals surface area contributed by atoms with Gasteiger partial charge in [-0.3, -0.25) is 0 Å². The van der Waals surface area contributed by atoms with Crippen LogP contribution in [0.25, 0.3) is 0 Å². The van der Waals surface area contributed by atoms with Crippen molar-refractivity contribution in [1.82, 2.24) is 4.90 Å². The number of nitrogens with zero attached hydrogens (tertiary/aromatic N) is 1. The van der Waals surface area contributed by atoms with E-state index < -0.39 is 0 Å². The molecule has 0 spiro atoms. The first kappa shape index (κ1) is 11.0. The number of rotatable bonds is 2. The van der Waals surface area contributed by atoms with Gasteiger partial charge in [-0.05, 0) is 60.6 Å². The standard InChI is InChI=1S/C12H17BrN2/c1-9-3-4-12(11(13)7-9)14-10-5-6-15(2)8-10/h3-4,7,10,14H,5-6,8H2,1-2H3. The van der Waals surface area contributed by atoms with E-state index in [0.717, 1.165) is 11.0 Å². The lowest BCUT2D eigenvalue weighted by atomic mass is 10.2. The second kappa shape index (κ2) is 4.54. The van der Waals surface area contributed by atoms with Gasteiger partial charge in [0, 0.05) is 22.7 Å². The first-order chi connectivity index (χ1) is 7.15. The van der Waals surface area contributed by atoms with Crippen LogP contribution in [0.1, 0.15) is 12.0 Å². The predicted octanol–water partition coefficient (Wildman–Crippen LogP) is 2.87. The van der Waals surface area contributed by atoms with E-state index in [1.165, 1.54) is 24.2 Å². The van der Waals surface area contributed by atoms with Crippen molar-refractivity contribution < 1.29 is 0 Å². The number of halogens is 1. The van der Waals surface area contributed by atoms with Crippen LogP contribution < -0.4 is 5.32 Å². The maximum absolute atomic E-state index is 3.59. The van der Waals surface area contributed by atoms with E-state index in [1.807, 2.05) is 0 Å². The Bertz CT molecular complexity index is 351. The molecule has 15 heavy (non-hydrogen) atoms. The van der Waals surface area contributed by atoms with E-state index >= 15 is 0 Å². The molecule has 0 aliphatic carbocycles. The van der Waals surface area contributed by atoms with Crippen LogP contribution in [0.3, 0.4) is 0 Å². The highest BCUT2D eigenvalue weighted by Gasteiger charge is 2.19. The van der Waals surface area contributed by atoms with Gasteiger partial charge in [0.15, 0.2) is 0 Å². The third kappa shape index (κ3) is 2.73. The number of aryl methyl sites for hydroxylation is 1. The van der Waals surface area contributed by atoms with Crippen molar-refractivity contribution in [3.63, 3.8) is 0 Å². The van der Waals surface area contributed by atoms with Gasteiger partial charge in [-0.2, -0.15) is 0 Å². The van der Waals surface area contributed by atoms with Crippen molar-refractivity contribution in [2.45, 2.75) is 19.4 Å². The number of anilines is 1. The van der Waals surface area contributed by atoms with Gasteiger partial charge in [-0.15, -0.1) is 0 Å². The molecule has 0 saturated carbocycles. The van der Waals surface area contributed by atoms with E-state index in [4.69, 9.17) is 0 Å². The normalized spacial score (nSPS) is 21.9. The Hall–Kier alpha value is -0.540. The van der Waals surface area contributed by atoms with Crippen molar-refractivity contribution in [1.29, 1.82) is 0 Å². The highest BCUT2D eigenvalue weighted by Crippen LogP contribution is 2.25. The molecule has 1 aliphatic heterocycles. The fourth-order valence-electron chi connectivity index (χ4n) is 2.01. The van der Waals surface area contributed by atoms with E-state index in [1.54, 1.807) is 0 Å². The summed E-state index contributed by atoms with van der Waals surface area (Å²) in [6.45, 7) is 4.44. The van der Waals surface area contributed by atoms with Crippen LogP contribution >= 0.6 is 15.9 Å². The summed E-state index contributed by atoms with van der Waals surface area (Å²) in [4.78, 5) is 2.36. The molecule has 1 aromatic rings. The highest BCUT2D eigenvalue weighted by atomic mass is 79.9. The molecule has 1 fully saturated rings. The van der Waals surface area contributed by atoms with Gasteiger partial charge in [0.25, 0.3) is 0 Å². The molecule has 3 heteroatoms. The summed E-state index contributed by atoms with van der Waals surface area (Å²) in [7, 11) is 2.17. The van der Waals surface area contributed by atoms with Crippen molar-refractivity contribution >= 4 is 21.6 Å². The maximum Gasteiger partial charge on any atom is 0.0487 e. The van der Waals surface area contributed by atoms with Crippen molar-refractivity contribution in [2.75, 3.05) is 25.5 Å². The van der Waals surface area contributed by atoms with Crippen LogP contribution in [0.2, 0.25) is 0 Å². The molecule has 1 aliphatic rings. The second-order valence-electron chi connectivity index (χ2n) is 4.38. The van der Waals surface area contributed by atoms with E-state index in [9.17, 15) is 0 Å². The number of likely N-dealkylation sites (tertiary alicyclic amines) is 1. The maximum atomic E-state index is 3.59. The topological polar surface area (TPSA) is 15.3 Å². The number of benzene rings is 1. The minimum atomic E-state index is 0.592. The van der Waals surface area contributed by atoms with Crippen LogP contribution in [-0.4, -0.2) is 31.1 Å². The molecule has 0 bridgehead atoms. The molecule has 0 amide bonds. The fourth-order valence-corrected chi connectivity index (χ4v) is 2.62. The fraction of sp³-hybridized carbons (Fsp3) is 0.500. The zero-order chi connectivity index (χ0) is 10.8. The molecule has 0 radical (unpaired) electrons. The quantitative estimate of drug-likeness (QED) is 0.888. The van der Waals surface area contributed by atoms with Gasteiger partial charge < -0.3 is 10.2 Å². The van der Waals surface area contributed by atoms with Crippen LogP contribution in [0, 0.1) is 6.92 Å². The summed E-state index contributed by atoms with van der Waals surface area (Å²) in [6.07, 6.45) is 1.23. The Labute approximate surface area is 99.8 Å². The van der Waals surface area contributed by atoms with Crippen molar-refractivity contribution in [3.8, 4) is 0 Å². The van der Waals surface area contributed by atoms with Crippen LogP contribution in [-0.2, 0) is 0 Å². The number of hydrogen-bond acceptors (Lipinski definition) is 2. The lowest BCUT2D eigenvalue weighted by Crippen LogP contribution is -2.23. The summed E-state index contributed by atoms with van der Waals surface area (Å²) < 4.78 is 1.16. The Morgan fingerprint density at radius 3 is 2.87 bits per heavy atom. The van der Waals surface area contributed by atoms with Gasteiger partial charge in [0.05, 0.1) is 0 Å². The number of hydrogen-bond donors (Lipinski definition) is 1. The average Bonchev–Trinajstić information content (AvgIpc) is 2.56. The van der Waals surface area contributed by atoms with Gasteiger partial charge >= 0.3 is 0 Å². The lowest BCUT2D eigenvalue weighted by Gasteiger charge is -2.15. The Morgan fingerprint density at radius 2 is 2.27 bits per heavy atom. The summed E-state index contributed by atoms with van der Waals surface area (Å²) in [5.74, 6) is 0.